The Labute approximate surface area is 102 Å². The number of rotatable bonds is 6. The zero-order valence-electron chi connectivity index (χ0n) is 9.70. The van der Waals surface area contributed by atoms with Crippen molar-refractivity contribution in [3.8, 4) is 0 Å². The van der Waals surface area contributed by atoms with Gasteiger partial charge in [0.25, 0.3) is 5.91 Å². The normalized spacial score (nSPS) is 11.6. The van der Waals surface area contributed by atoms with Gasteiger partial charge in [0.2, 0.25) is 0 Å². The van der Waals surface area contributed by atoms with Crippen molar-refractivity contribution in [3.63, 3.8) is 0 Å². The van der Waals surface area contributed by atoms with Crippen molar-refractivity contribution < 1.29 is 18.0 Å². The molecule has 0 fully saturated rings. The number of carbonyl (C=O) groups is 1. The van der Waals surface area contributed by atoms with Gasteiger partial charge in [-0.1, -0.05) is 0 Å². The molecule has 0 atom stereocenters. The van der Waals surface area contributed by atoms with Gasteiger partial charge in [0.05, 0.1) is 6.33 Å². The molecule has 18 heavy (non-hydrogen) atoms. The molecule has 102 valence electrons. The highest BCUT2D eigenvalue weighted by Crippen LogP contribution is 2.20. The molecule has 0 saturated carbocycles. The summed E-state index contributed by atoms with van der Waals surface area (Å²) in [6, 6.07) is 0. The van der Waals surface area contributed by atoms with Crippen LogP contribution in [0, 0.1) is 0 Å². The molecule has 0 aliphatic rings. The van der Waals surface area contributed by atoms with Gasteiger partial charge >= 0.3 is 6.18 Å². The van der Waals surface area contributed by atoms with Gasteiger partial charge in [-0.05, 0) is 6.42 Å². The first-order chi connectivity index (χ1) is 8.42. The highest BCUT2D eigenvalue weighted by atomic mass is 19.4. The lowest BCUT2D eigenvalue weighted by Gasteiger charge is -2.06. The Hall–Kier alpha value is -1.57. The molecule has 1 amide bonds. The van der Waals surface area contributed by atoms with Gasteiger partial charge in [0.15, 0.2) is 0 Å². The number of nitrogens with two attached hydrogens (primary N) is 1. The van der Waals surface area contributed by atoms with Gasteiger partial charge in [-0.25, -0.2) is 4.98 Å². The Morgan fingerprint density at radius 2 is 2.22 bits per heavy atom. The van der Waals surface area contributed by atoms with E-state index in [2.05, 4.69) is 10.3 Å². The van der Waals surface area contributed by atoms with E-state index in [0.717, 1.165) is 0 Å². The molecular weight excluding hydrogens is 249 g/mol. The lowest BCUT2D eigenvalue weighted by atomic mass is 10.3. The minimum atomic E-state index is -4.19. The van der Waals surface area contributed by atoms with E-state index in [-0.39, 0.29) is 18.7 Å². The molecular formula is C10H15F3N4O. The van der Waals surface area contributed by atoms with Crippen molar-refractivity contribution in [2.45, 2.75) is 25.6 Å². The van der Waals surface area contributed by atoms with Crippen LogP contribution in [0.4, 0.5) is 13.2 Å². The predicted octanol–water partition coefficient (Wildman–Crippen LogP) is 0.914. The third-order valence-electron chi connectivity index (χ3n) is 2.18. The Morgan fingerprint density at radius 3 is 2.83 bits per heavy atom. The second kappa shape index (κ2) is 6.39. The quantitative estimate of drug-likeness (QED) is 0.750. The van der Waals surface area contributed by atoms with E-state index in [9.17, 15) is 18.0 Å². The van der Waals surface area contributed by atoms with Crippen LogP contribution in [0.3, 0.4) is 0 Å². The molecule has 5 nitrogen and oxygen atoms in total. The number of halogens is 3. The highest BCUT2D eigenvalue weighted by molar-refractivity contribution is 5.91. The first-order valence-corrected chi connectivity index (χ1v) is 5.49. The van der Waals surface area contributed by atoms with Gasteiger partial charge in [-0.15, -0.1) is 0 Å². The minimum absolute atomic E-state index is 0.0257. The van der Waals surface area contributed by atoms with Crippen molar-refractivity contribution in [2.75, 3.05) is 13.1 Å². The van der Waals surface area contributed by atoms with Crippen LogP contribution in [0.25, 0.3) is 0 Å². The number of aromatic nitrogens is 2. The third kappa shape index (κ3) is 5.17. The van der Waals surface area contributed by atoms with E-state index >= 15 is 0 Å². The molecule has 0 aliphatic carbocycles. The molecule has 1 rings (SSSR count). The average Bonchev–Trinajstić information content (AvgIpc) is 2.72. The Kier molecular flexibility index (Phi) is 5.14. The summed E-state index contributed by atoms with van der Waals surface area (Å²) in [7, 11) is 0. The van der Waals surface area contributed by atoms with Crippen LogP contribution in [0.15, 0.2) is 12.5 Å². The van der Waals surface area contributed by atoms with Crippen molar-refractivity contribution >= 4 is 5.91 Å². The Bertz CT molecular complexity index is 389. The van der Waals surface area contributed by atoms with Gasteiger partial charge in [0.1, 0.15) is 5.69 Å². The van der Waals surface area contributed by atoms with Gasteiger partial charge in [-0.2, -0.15) is 13.2 Å². The maximum atomic E-state index is 11.9. The molecule has 0 radical (unpaired) electrons. The Balaban J connectivity index is 2.31. The molecule has 1 aromatic heterocycles. The number of carbonyl (C=O) groups excluding carboxylic acids is 1. The molecule has 1 aromatic rings. The lowest BCUT2D eigenvalue weighted by Crippen LogP contribution is -2.25. The lowest BCUT2D eigenvalue weighted by molar-refractivity contribution is -0.135. The molecule has 8 heteroatoms. The summed E-state index contributed by atoms with van der Waals surface area (Å²) in [5.74, 6) is -0.479. The summed E-state index contributed by atoms with van der Waals surface area (Å²) in [5.41, 5.74) is 5.51. The monoisotopic (exact) mass is 264 g/mol. The average molecular weight is 264 g/mol. The van der Waals surface area contributed by atoms with Gasteiger partial charge in [0, 0.05) is 32.3 Å². The van der Waals surface area contributed by atoms with Crippen LogP contribution in [-0.4, -0.2) is 34.7 Å². The molecule has 3 N–H and O–H groups in total. The fourth-order valence-electron chi connectivity index (χ4n) is 1.33. The summed E-state index contributed by atoms with van der Waals surface area (Å²) in [5, 5.41) is 2.38. The molecule has 0 unspecified atom stereocenters. The van der Waals surface area contributed by atoms with E-state index in [1.54, 1.807) is 4.57 Å². The van der Waals surface area contributed by atoms with Gasteiger partial charge in [-0.3, -0.25) is 4.79 Å². The first kappa shape index (κ1) is 14.5. The zero-order valence-corrected chi connectivity index (χ0v) is 9.70. The van der Waals surface area contributed by atoms with Crippen LogP contribution in [0.5, 0.6) is 0 Å². The SMILES string of the molecule is NCCn1cnc(C(=O)NCCCC(F)(F)F)c1. The van der Waals surface area contributed by atoms with Crippen LogP contribution < -0.4 is 11.1 Å². The number of amides is 1. The van der Waals surface area contributed by atoms with Crippen LogP contribution >= 0.6 is 0 Å². The number of nitrogens with zero attached hydrogens (tertiary/aromatic N) is 2. The zero-order chi connectivity index (χ0) is 13.6. The number of hydrogen-bond acceptors (Lipinski definition) is 3. The largest absolute Gasteiger partial charge is 0.389 e. The predicted molar refractivity (Wildman–Crippen MR) is 58.9 cm³/mol. The van der Waals surface area contributed by atoms with Crippen molar-refractivity contribution in [1.82, 2.24) is 14.9 Å². The van der Waals surface area contributed by atoms with Crippen LogP contribution in [0.2, 0.25) is 0 Å². The molecule has 1 heterocycles. The molecule has 0 bridgehead atoms. The fraction of sp³-hybridized carbons (Fsp3) is 0.600. The van der Waals surface area contributed by atoms with Crippen molar-refractivity contribution in [1.29, 1.82) is 0 Å². The minimum Gasteiger partial charge on any atom is -0.351 e. The first-order valence-electron chi connectivity index (χ1n) is 5.49. The van der Waals surface area contributed by atoms with E-state index in [4.69, 9.17) is 5.73 Å². The highest BCUT2D eigenvalue weighted by Gasteiger charge is 2.26. The Morgan fingerprint density at radius 1 is 1.50 bits per heavy atom. The summed E-state index contributed by atoms with van der Waals surface area (Å²) in [6.07, 6.45) is -2.27. The van der Waals surface area contributed by atoms with Crippen molar-refractivity contribution in [3.05, 3.63) is 18.2 Å². The summed E-state index contributed by atoms with van der Waals surface area (Å²) < 4.78 is 37.2. The molecule has 0 saturated heterocycles. The number of alkyl halides is 3. The topological polar surface area (TPSA) is 72.9 Å². The number of imidazole rings is 1. The number of hydrogen-bond donors (Lipinski definition) is 2. The van der Waals surface area contributed by atoms with E-state index in [1.165, 1.54) is 12.5 Å². The maximum absolute atomic E-state index is 11.9. The fourth-order valence-corrected chi connectivity index (χ4v) is 1.33. The third-order valence-corrected chi connectivity index (χ3v) is 2.18. The standard InChI is InChI=1S/C10H15F3N4O/c11-10(12,13)2-1-4-15-9(18)8-6-17(5-3-14)7-16-8/h6-7H,1-5,14H2,(H,15,18). The van der Waals surface area contributed by atoms with E-state index in [1.807, 2.05) is 0 Å². The molecule has 0 spiro atoms. The van der Waals surface area contributed by atoms with E-state index in [0.29, 0.717) is 13.1 Å². The maximum Gasteiger partial charge on any atom is 0.389 e. The number of nitrogens with one attached hydrogen (secondary N) is 1. The molecule has 0 aliphatic heterocycles. The molecule has 0 aromatic carbocycles. The second-order valence-electron chi connectivity index (χ2n) is 3.76. The van der Waals surface area contributed by atoms with Gasteiger partial charge < -0.3 is 15.6 Å². The summed E-state index contributed by atoms with van der Waals surface area (Å²) in [6.45, 7) is 0.930. The second-order valence-corrected chi connectivity index (χ2v) is 3.76. The summed E-state index contributed by atoms with van der Waals surface area (Å²) in [4.78, 5) is 15.3. The smallest absolute Gasteiger partial charge is 0.351 e. The van der Waals surface area contributed by atoms with E-state index < -0.39 is 18.5 Å². The van der Waals surface area contributed by atoms with Crippen molar-refractivity contribution in [2.24, 2.45) is 5.73 Å². The van der Waals surface area contributed by atoms with Crippen LogP contribution in [0.1, 0.15) is 23.3 Å². The summed E-state index contributed by atoms with van der Waals surface area (Å²) >= 11 is 0. The van der Waals surface area contributed by atoms with Crippen LogP contribution in [-0.2, 0) is 6.54 Å².